The Balaban J connectivity index is 2.20. The number of nitrogens with zero attached hydrogens (tertiary/aromatic N) is 2. The highest BCUT2D eigenvalue weighted by molar-refractivity contribution is 6.31. The SMILES string of the molecule is C[C@H](Nc1cc(Cl)ccc1N1CCCCC1)C(=O)N(C)C. The predicted octanol–water partition coefficient (Wildman–Crippen LogP) is 3.22. The fourth-order valence-electron chi connectivity index (χ4n) is 2.72. The molecule has 1 aliphatic heterocycles. The average molecular weight is 310 g/mol. The van der Waals surface area contributed by atoms with Gasteiger partial charge in [0.15, 0.2) is 0 Å². The third-order valence-electron chi connectivity index (χ3n) is 3.84. The molecular weight excluding hydrogens is 286 g/mol. The van der Waals surface area contributed by atoms with E-state index in [1.807, 2.05) is 25.1 Å². The van der Waals surface area contributed by atoms with Crippen molar-refractivity contribution in [2.24, 2.45) is 0 Å². The van der Waals surface area contributed by atoms with Gasteiger partial charge in [0, 0.05) is 32.2 Å². The summed E-state index contributed by atoms with van der Waals surface area (Å²) in [5.41, 5.74) is 2.07. The quantitative estimate of drug-likeness (QED) is 0.927. The number of carbonyl (C=O) groups is 1. The number of hydrogen-bond acceptors (Lipinski definition) is 3. The molecule has 1 amide bonds. The molecule has 1 fully saturated rings. The molecule has 1 aromatic rings. The molecule has 1 atom stereocenters. The van der Waals surface area contributed by atoms with E-state index >= 15 is 0 Å². The van der Waals surface area contributed by atoms with E-state index in [9.17, 15) is 4.79 Å². The van der Waals surface area contributed by atoms with Crippen LogP contribution in [0.2, 0.25) is 5.02 Å². The molecular formula is C16H24ClN3O. The zero-order valence-electron chi connectivity index (χ0n) is 13.0. The van der Waals surface area contributed by atoms with Crippen molar-refractivity contribution in [2.45, 2.75) is 32.2 Å². The first-order valence-corrected chi connectivity index (χ1v) is 7.89. The topological polar surface area (TPSA) is 35.6 Å². The van der Waals surface area contributed by atoms with Gasteiger partial charge in [-0.25, -0.2) is 0 Å². The zero-order valence-corrected chi connectivity index (χ0v) is 13.8. The van der Waals surface area contributed by atoms with Crippen molar-refractivity contribution in [2.75, 3.05) is 37.4 Å². The van der Waals surface area contributed by atoms with Gasteiger partial charge < -0.3 is 15.1 Å². The largest absolute Gasteiger partial charge is 0.372 e. The molecule has 0 aromatic heterocycles. The van der Waals surface area contributed by atoms with E-state index in [1.54, 1.807) is 19.0 Å². The van der Waals surface area contributed by atoms with Gasteiger partial charge in [-0.15, -0.1) is 0 Å². The molecule has 0 radical (unpaired) electrons. The van der Waals surface area contributed by atoms with Gasteiger partial charge in [-0.1, -0.05) is 11.6 Å². The second kappa shape index (κ2) is 7.03. The number of benzene rings is 1. The summed E-state index contributed by atoms with van der Waals surface area (Å²) in [7, 11) is 3.54. The molecule has 4 nitrogen and oxygen atoms in total. The van der Waals surface area contributed by atoms with E-state index in [0.717, 1.165) is 24.5 Å². The number of piperidine rings is 1. The van der Waals surface area contributed by atoms with Crippen molar-refractivity contribution in [3.63, 3.8) is 0 Å². The zero-order chi connectivity index (χ0) is 15.4. The lowest BCUT2D eigenvalue weighted by atomic mass is 10.1. The van der Waals surface area contributed by atoms with Crippen LogP contribution in [0.1, 0.15) is 26.2 Å². The van der Waals surface area contributed by atoms with E-state index in [2.05, 4.69) is 10.2 Å². The first-order chi connectivity index (χ1) is 9.99. The van der Waals surface area contributed by atoms with Gasteiger partial charge in [0.05, 0.1) is 11.4 Å². The van der Waals surface area contributed by atoms with E-state index < -0.39 is 0 Å². The Morgan fingerprint density at radius 1 is 1.29 bits per heavy atom. The monoisotopic (exact) mass is 309 g/mol. The highest BCUT2D eigenvalue weighted by Crippen LogP contribution is 2.31. The molecule has 21 heavy (non-hydrogen) atoms. The summed E-state index contributed by atoms with van der Waals surface area (Å²) in [5, 5.41) is 4.00. The molecule has 0 aliphatic carbocycles. The lowest BCUT2D eigenvalue weighted by Crippen LogP contribution is -2.37. The van der Waals surface area contributed by atoms with E-state index in [4.69, 9.17) is 11.6 Å². The molecule has 0 unspecified atom stereocenters. The number of likely N-dealkylation sites (N-methyl/N-ethyl adjacent to an activating group) is 1. The highest BCUT2D eigenvalue weighted by atomic mass is 35.5. The third-order valence-corrected chi connectivity index (χ3v) is 4.07. The van der Waals surface area contributed by atoms with Crippen molar-refractivity contribution in [3.05, 3.63) is 23.2 Å². The maximum Gasteiger partial charge on any atom is 0.244 e. The Kier molecular flexibility index (Phi) is 5.34. The van der Waals surface area contributed by atoms with Gasteiger partial charge in [0.25, 0.3) is 0 Å². The van der Waals surface area contributed by atoms with Crippen molar-refractivity contribution in [1.29, 1.82) is 0 Å². The summed E-state index contributed by atoms with van der Waals surface area (Å²) in [5.74, 6) is 0.0552. The fraction of sp³-hybridized carbons (Fsp3) is 0.562. The van der Waals surface area contributed by atoms with E-state index in [-0.39, 0.29) is 11.9 Å². The number of carbonyl (C=O) groups excluding carboxylic acids is 1. The van der Waals surface area contributed by atoms with E-state index in [0.29, 0.717) is 5.02 Å². The van der Waals surface area contributed by atoms with Crippen LogP contribution < -0.4 is 10.2 Å². The van der Waals surface area contributed by atoms with Crippen LogP contribution in [0, 0.1) is 0 Å². The highest BCUT2D eigenvalue weighted by Gasteiger charge is 2.19. The summed E-state index contributed by atoms with van der Waals surface area (Å²) >= 11 is 6.13. The normalized spacial score (nSPS) is 16.5. The van der Waals surface area contributed by atoms with Gasteiger partial charge in [-0.2, -0.15) is 0 Å². The predicted molar refractivity (Wildman–Crippen MR) is 89.3 cm³/mol. The molecule has 5 heteroatoms. The molecule has 116 valence electrons. The summed E-state index contributed by atoms with van der Waals surface area (Å²) in [6.45, 7) is 4.00. The molecule has 1 aromatic carbocycles. The maximum absolute atomic E-state index is 12.0. The summed E-state index contributed by atoms with van der Waals surface area (Å²) in [4.78, 5) is 16.0. The Labute approximate surface area is 132 Å². The van der Waals surface area contributed by atoms with Crippen LogP contribution in [0.5, 0.6) is 0 Å². The lowest BCUT2D eigenvalue weighted by Gasteiger charge is -2.31. The Morgan fingerprint density at radius 2 is 1.95 bits per heavy atom. The molecule has 1 aliphatic rings. The number of rotatable bonds is 4. The lowest BCUT2D eigenvalue weighted by molar-refractivity contribution is -0.129. The Hall–Kier alpha value is -1.42. The summed E-state index contributed by atoms with van der Waals surface area (Å²) < 4.78 is 0. The van der Waals surface area contributed by atoms with Crippen LogP contribution in [0.15, 0.2) is 18.2 Å². The fourth-order valence-corrected chi connectivity index (χ4v) is 2.89. The van der Waals surface area contributed by atoms with Crippen LogP contribution in [-0.4, -0.2) is 44.0 Å². The number of hydrogen-bond donors (Lipinski definition) is 1. The van der Waals surface area contributed by atoms with Crippen LogP contribution in [0.25, 0.3) is 0 Å². The average Bonchev–Trinajstić information content (AvgIpc) is 2.47. The Morgan fingerprint density at radius 3 is 2.57 bits per heavy atom. The number of anilines is 2. The van der Waals surface area contributed by atoms with Crippen LogP contribution in [-0.2, 0) is 4.79 Å². The molecule has 1 heterocycles. The van der Waals surface area contributed by atoms with E-state index in [1.165, 1.54) is 19.3 Å². The minimum absolute atomic E-state index is 0.0552. The van der Waals surface area contributed by atoms with Crippen molar-refractivity contribution < 1.29 is 4.79 Å². The number of nitrogens with one attached hydrogen (secondary N) is 1. The molecule has 0 spiro atoms. The standard InChI is InChI=1S/C16H24ClN3O/c1-12(16(21)19(2)3)18-14-11-13(17)7-8-15(14)20-9-5-4-6-10-20/h7-8,11-12,18H,4-6,9-10H2,1-3H3/t12-/m0/s1. The van der Waals surface area contributed by atoms with Gasteiger partial charge in [0.2, 0.25) is 5.91 Å². The third kappa shape index (κ3) is 4.03. The number of amides is 1. The number of halogens is 1. The van der Waals surface area contributed by atoms with Crippen molar-refractivity contribution in [1.82, 2.24) is 4.90 Å². The van der Waals surface area contributed by atoms with Crippen LogP contribution >= 0.6 is 11.6 Å². The first kappa shape index (κ1) is 16.0. The van der Waals surface area contributed by atoms with Crippen molar-refractivity contribution >= 4 is 28.9 Å². The van der Waals surface area contributed by atoms with Crippen molar-refractivity contribution in [3.8, 4) is 0 Å². The molecule has 1 saturated heterocycles. The van der Waals surface area contributed by atoms with Gasteiger partial charge >= 0.3 is 0 Å². The van der Waals surface area contributed by atoms with Gasteiger partial charge in [-0.05, 0) is 44.4 Å². The molecule has 0 bridgehead atoms. The minimum Gasteiger partial charge on any atom is -0.372 e. The minimum atomic E-state index is -0.276. The smallest absolute Gasteiger partial charge is 0.244 e. The van der Waals surface area contributed by atoms with Gasteiger partial charge in [-0.3, -0.25) is 4.79 Å². The molecule has 1 N–H and O–H groups in total. The maximum atomic E-state index is 12.0. The molecule has 0 saturated carbocycles. The van der Waals surface area contributed by atoms with Crippen LogP contribution in [0.3, 0.4) is 0 Å². The second-order valence-electron chi connectivity index (χ2n) is 5.81. The summed E-state index contributed by atoms with van der Waals surface area (Å²) in [6.07, 6.45) is 3.73. The second-order valence-corrected chi connectivity index (χ2v) is 6.24. The van der Waals surface area contributed by atoms with Gasteiger partial charge in [0.1, 0.15) is 6.04 Å². The molecule has 2 rings (SSSR count). The van der Waals surface area contributed by atoms with Crippen LogP contribution in [0.4, 0.5) is 11.4 Å². The first-order valence-electron chi connectivity index (χ1n) is 7.51. The Bertz CT molecular complexity index is 498. The summed E-state index contributed by atoms with van der Waals surface area (Å²) in [6, 6.07) is 5.59.